The van der Waals surface area contributed by atoms with E-state index in [-0.39, 0.29) is 11.6 Å². The molecule has 0 saturated carbocycles. The van der Waals surface area contributed by atoms with Gasteiger partial charge in [0, 0.05) is 34.7 Å². The fourth-order valence-corrected chi connectivity index (χ4v) is 3.38. The molecule has 0 spiro atoms. The number of nitrogens with one attached hydrogen (secondary N) is 1. The number of carbonyl (C=O) groups is 1. The van der Waals surface area contributed by atoms with E-state index in [0.717, 1.165) is 21.8 Å². The van der Waals surface area contributed by atoms with Gasteiger partial charge in [-0.05, 0) is 38.0 Å². The molecular weight excluding hydrogens is 362 g/mol. The Kier molecular flexibility index (Phi) is 5.61. The SMILES string of the molecule is Cc1nc(-c2ccc(CCNC(=O)c3ccc([N+](=O)[O-])c(C)c3)cc2)cs1. The highest BCUT2D eigenvalue weighted by molar-refractivity contribution is 7.09. The van der Waals surface area contributed by atoms with Crippen molar-refractivity contribution in [1.82, 2.24) is 10.3 Å². The van der Waals surface area contributed by atoms with Gasteiger partial charge >= 0.3 is 0 Å². The van der Waals surface area contributed by atoms with Crippen molar-refractivity contribution in [3.8, 4) is 11.3 Å². The van der Waals surface area contributed by atoms with Crippen LogP contribution in [0.2, 0.25) is 0 Å². The van der Waals surface area contributed by atoms with E-state index in [1.165, 1.54) is 18.2 Å². The number of rotatable bonds is 6. The Labute approximate surface area is 161 Å². The number of benzene rings is 2. The lowest BCUT2D eigenvalue weighted by atomic mass is 10.1. The van der Waals surface area contributed by atoms with Crippen molar-refractivity contribution in [2.45, 2.75) is 20.3 Å². The van der Waals surface area contributed by atoms with Crippen LogP contribution in [0, 0.1) is 24.0 Å². The minimum Gasteiger partial charge on any atom is -0.352 e. The van der Waals surface area contributed by atoms with Gasteiger partial charge in [-0.15, -0.1) is 11.3 Å². The summed E-state index contributed by atoms with van der Waals surface area (Å²) in [6.45, 7) is 4.10. The number of nitro groups is 1. The van der Waals surface area contributed by atoms with Gasteiger partial charge in [0.05, 0.1) is 15.6 Å². The second-order valence-electron chi connectivity index (χ2n) is 6.21. The van der Waals surface area contributed by atoms with Crippen LogP contribution in [0.4, 0.5) is 5.69 Å². The number of hydrogen-bond acceptors (Lipinski definition) is 5. The van der Waals surface area contributed by atoms with Gasteiger partial charge in [0.2, 0.25) is 0 Å². The van der Waals surface area contributed by atoms with Crippen molar-refractivity contribution in [2.75, 3.05) is 6.54 Å². The number of aryl methyl sites for hydroxylation is 2. The molecule has 7 heteroatoms. The van der Waals surface area contributed by atoms with Crippen molar-refractivity contribution < 1.29 is 9.72 Å². The third kappa shape index (κ3) is 4.57. The lowest BCUT2D eigenvalue weighted by Crippen LogP contribution is -2.25. The highest BCUT2D eigenvalue weighted by atomic mass is 32.1. The molecule has 0 radical (unpaired) electrons. The number of nitrogens with zero attached hydrogens (tertiary/aromatic N) is 2. The van der Waals surface area contributed by atoms with E-state index in [0.29, 0.717) is 24.1 Å². The molecular formula is C20H19N3O3S. The van der Waals surface area contributed by atoms with Gasteiger partial charge in [-0.1, -0.05) is 24.3 Å². The van der Waals surface area contributed by atoms with Crippen LogP contribution in [0.15, 0.2) is 47.8 Å². The predicted octanol–water partition coefficient (Wildman–Crippen LogP) is 4.31. The highest BCUT2D eigenvalue weighted by Crippen LogP contribution is 2.22. The monoisotopic (exact) mass is 381 g/mol. The van der Waals surface area contributed by atoms with Gasteiger partial charge in [-0.3, -0.25) is 14.9 Å². The number of amides is 1. The summed E-state index contributed by atoms with van der Waals surface area (Å²) in [4.78, 5) is 27.1. The topological polar surface area (TPSA) is 85.1 Å². The molecule has 0 fully saturated rings. The highest BCUT2D eigenvalue weighted by Gasteiger charge is 2.13. The Morgan fingerprint density at radius 3 is 2.52 bits per heavy atom. The third-order valence-electron chi connectivity index (χ3n) is 4.22. The molecule has 0 atom stereocenters. The zero-order valence-electron chi connectivity index (χ0n) is 15.1. The van der Waals surface area contributed by atoms with E-state index < -0.39 is 4.92 Å². The van der Waals surface area contributed by atoms with Crippen LogP contribution in [-0.4, -0.2) is 22.4 Å². The van der Waals surface area contributed by atoms with Crippen LogP contribution in [0.25, 0.3) is 11.3 Å². The van der Waals surface area contributed by atoms with Crippen LogP contribution in [-0.2, 0) is 6.42 Å². The second kappa shape index (κ2) is 8.09. The molecule has 3 rings (SSSR count). The molecule has 0 aliphatic rings. The summed E-state index contributed by atoms with van der Waals surface area (Å²) >= 11 is 1.63. The number of thiazole rings is 1. The maximum atomic E-state index is 12.2. The van der Waals surface area contributed by atoms with Crippen LogP contribution in [0.1, 0.15) is 26.5 Å². The van der Waals surface area contributed by atoms with Crippen LogP contribution in [0.3, 0.4) is 0 Å². The lowest BCUT2D eigenvalue weighted by Gasteiger charge is -2.07. The molecule has 3 aromatic rings. The standard InChI is InChI=1S/C20H19N3O3S/c1-13-11-17(7-8-19(13)23(25)26)20(24)21-10-9-15-3-5-16(6-4-15)18-12-27-14(2)22-18/h3-8,11-12H,9-10H2,1-2H3,(H,21,24). The maximum Gasteiger partial charge on any atom is 0.272 e. The molecule has 6 nitrogen and oxygen atoms in total. The van der Waals surface area contributed by atoms with Gasteiger partial charge in [-0.25, -0.2) is 4.98 Å². The molecule has 1 aromatic heterocycles. The molecule has 0 aliphatic heterocycles. The predicted molar refractivity (Wildman–Crippen MR) is 106 cm³/mol. The molecule has 1 N–H and O–H groups in total. The summed E-state index contributed by atoms with van der Waals surface area (Å²) in [5, 5.41) is 16.8. The third-order valence-corrected chi connectivity index (χ3v) is 5.00. The molecule has 0 saturated heterocycles. The molecule has 0 aliphatic carbocycles. The molecule has 0 unspecified atom stereocenters. The van der Waals surface area contributed by atoms with Crippen molar-refractivity contribution in [1.29, 1.82) is 0 Å². The Morgan fingerprint density at radius 2 is 1.93 bits per heavy atom. The first-order valence-corrected chi connectivity index (χ1v) is 9.36. The van der Waals surface area contributed by atoms with Gasteiger partial charge < -0.3 is 5.32 Å². The van der Waals surface area contributed by atoms with E-state index in [1.807, 2.05) is 36.6 Å². The summed E-state index contributed by atoms with van der Waals surface area (Å²) < 4.78 is 0. The van der Waals surface area contributed by atoms with Crippen molar-refractivity contribution >= 4 is 22.9 Å². The Morgan fingerprint density at radius 1 is 1.19 bits per heavy atom. The minimum absolute atomic E-state index is 0.0157. The normalized spacial score (nSPS) is 10.6. The Bertz CT molecular complexity index is 980. The minimum atomic E-state index is -0.451. The number of nitro benzene ring substituents is 1. The van der Waals surface area contributed by atoms with E-state index in [2.05, 4.69) is 10.3 Å². The number of hydrogen-bond donors (Lipinski definition) is 1. The second-order valence-corrected chi connectivity index (χ2v) is 7.28. The van der Waals surface area contributed by atoms with Gasteiger partial charge in [0.15, 0.2) is 0 Å². The average Bonchev–Trinajstić information content (AvgIpc) is 3.08. The average molecular weight is 381 g/mol. The zero-order valence-corrected chi connectivity index (χ0v) is 15.9. The molecule has 2 aromatic carbocycles. The quantitative estimate of drug-likeness (QED) is 0.509. The Hall–Kier alpha value is -3.06. The largest absolute Gasteiger partial charge is 0.352 e. The van der Waals surface area contributed by atoms with Crippen molar-refractivity contribution in [3.05, 3.63) is 79.7 Å². The first-order chi connectivity index (χ1) is 12.9. The fraction of sp³-hybridized carbons (Fsp3) is 0.200. The van der Waals surface area contributed by atoms with E-state index in [9.17, 15) is 14.9 Å². The first-order valence-electron chi connectivity index (χ1n) is 8.49. The number of aromatic nitrogens is 1. The molecule has 1 heterocycles. The Balaban J connectivity index is 1.55. The van der Waals surface area contributed by atoms with E-state index in [4.69, 9.17) is 0 Å². The molecule has 1 amide bonds. The zero-order chi connectivity index (χ0) is 19.4. The van der Waals surface area contributed by atoms with Crippen LogP contribution in [0.5, 0.6) is 0 Å². The van der Waals surface area contributed by atoms with Gasteiger partial charge in [-0.2, -0.15) is 0 Å². The smallest absolute Gasteiger partial charge is 0.272 e. The van der Waals surface area contributed by atoms with Gasteiger partial charge in [0.1, 0.15) is 0 Å². The van der Waals surface area contributed by atoms with Crippen LogP contribution < -0.4 is 5.32 Å². The van der Waals surface area contributed by atoms with Crippen molar-refractivity contribution in [2.24, 2.45) is 0 Å². The maximum absolute atomic E-state index is 12.2. The lowest BCUT2D eigenvalue weighted by molar-refractivity contribution is -0.385. The summed E-state index contributed by atoms with van der Waals surface area (Å²) in [5.41, 5.74) is 4.08. The summed E-state index contributed by atoms with van der Waals surface area (Å²) in [6.07, 6.45) is 0.702. The summed E-state index contributed by atoms with van der Waals surface area (Å²) in [5.74, 6) is -0.234. The molecule has 0 bridgehead atoms. The van der Waals surface area contributed by atoms with E-state index in [1.54, 1.807) is 18.3 Å². The van der Waals surface area contributed by atoms with Gasteiger partial charge in [0.25, 0.3) is 11.6 Å². The fourth-order valence-electron chi connectivity index (χ4n) is 2.76. The summed E-state index contributed by atoms with van der Waals surface area (Å²) in [6, 6.07) is 12.5. The van der Waals surface area contributed by atoms with Crippen molar-refractivity contribution in [3.63, 3.8) is 0 Å². The van der Waals surface area contributed by atoms with E-state index >= 15 is 0 Å². The summed E-state index contributed by atoms with van der Waals surface area (Å²) in [7, 11) is 0. The van der Waals surface area contributed by atoms with Crippen LogP contribution >= 0.6 is 11.3 Å². The number of carbonyl (C=O) groups excluding carboxylic acids is 1. The first kappa shape index (κ1) is 18.7. The molecule has 138 valence electrons. The molecule has 27 heavy (non-hydrogen) atoms.